The van der Waals surface area contributed by atoms with Crippen LogP contribution < -0.4 is 4.74 Å². The fourth-order valence-corrected chi connectivity index (χ4v) is 2.85. The standard InChI is InChI=1S/C23H28O5/c1-4-15-26-21(24)23(5-2,6-3)22(25)27-17-18-11-10-14-20(16-18)28-19-12-8-7-9-13-19/h7-14,16H,4-6,15,17H2,1-3H3. The topological polar surface area (TPSA) is 61.8 Å². The number of rotatable bonds is 10. The number of esters is 2. The minimum Gasteiger partial charge on any atom is -0.465 e. The van der Waals surface area contributed by atoms with Gasteiger partial charge in [0, 0.05) is 0 Å². The van der Waals surface area contributed by atoms with Gasteiger partial charge in [-0.25, -0.2) is 0 Å². The maximum Gasteiger partial charge on any atom is 0.323 e. The van der Waals surface area contributed by atoms with Gasteiger partial charge in [-0.3, -0.25) is 9.59 Å². The SMILES string of the molecule is CCCOC(=O)C(CC)(CC)C(=O)OCc1cccc(Oc2ccccc2)c1. The van der Waals surface area contributed by atoms with Gasteiger partial charge in [-0.2, -0.15) is 0 Å². The van der Waals surface area contributed by atoms with Crippen molar-refractivity contribution in [3.05, 3.63) is 60.2 Å². The molecule has 0 aliphatic rings. The highest BCUT2D eigenvalue weighted by Crippen LogP contribution is 2.31. The van der Waals surface area contributed by atoms with E-state index in [4.69, 9.17) is 14.2 Å². The molecule has 0 N–H and O–H groups in total. The molecule has 2 aromatic carbocycles. The number of benzene rings is 2. The molecule has 0 aliphatic heterocycles. The molecule has 150 valence electrons. The fraction of sp³-hybridized carbons (Fsp3) is 0.391. The second-order valence-electron chi connectivity index (χ2n) is 6.56. The third-order valence-corrected chi connectivity index (χ3v) is 4.67. The monoisotopic (exact) mass is 384 g/mol. The summed E-state index contributed by atoms with van der Waals surface area (Å²) in [5.41, 5.74) is -0.474. The summed E-state index contributed by atoms with van der Waals surface area (Å²) in [5.74, 6) is 0.323. The maximum atomic E-state index is 12.7. The van der Waals surface area contributed by atoms with Crippen LogP contribution in [0.15, 0.2) is 54.6 Å². The summed E-state index contributed by atoms with van der Waals surface area (Å²) in [7, 11) is 0. The van der Waals surface area contributed by atoms with Gasteiger partial charge in [0.25, 0.3) is 0 Å². The van der Waals surface area contributed by atoms with Crippen molar-refractivity contribution in [2.24, 2.45) is 5.41 Å². The number of hydrogen-bond acceptors (Lipinski definition) is 5. The second kappa shape index (κ2) is 10.5. The molecule has 0 spiro atoms. The van der Waals surface area contributed by atoms with Gasteiger partial charge in [0.1, 0.15) is 18.1 Å². The quantitative estimate of drug-likeness (QED) is 0.412. The smallest absolute Gasteiger partial charge is 0.323 e. The lowest BCUT2D eigenvalue weighted by Gasteiger charge is -2.26. The van der Waals surface area contributed by atoms with Crippen LogP contribution in [0.25, 0.3) is 0 Å². The largest absolute Gasteiger partial charge is 0.465 e. The molecule has 0 radical (unpaired) electrons. The molecule has 5 nitrogen and oxygen atoms in total. The summed E-state index contributed by atoms with van der Waals surface area (Å²) < 4.78 is 16.5. The normalized spacial score (nSPS) is 11.0. The van der Waals surface area contributed by atoms with Crippen molar-refractivity contribution in [3.63, 3.8) is 0 Å². The summed E-state index contributed by atoms with van der Waals surface area (Å²) in [5, 5.41) is 0. The van der Waals surface area contributed by atoms with Gasteiger partial charge < -0.3 is 14.2 Å². The predicted octanol–water partition coefficient (Wildman–Crippen LogP) is 5.28. The Hall–Kier alpha value is -2.82. The molecule has 5 heteroatoms. The van der Waals surface area contributed by atoms with E-state index < -0.39 is 17.4 Å². The lowest BCUT2D eigenvalue weighted by atomic mass is 9.82. The van der Waals surface area contributed by atoms with Crippen molar-refractivity contribution in [1.82, 2.24) is 0 Å². The van der Waals surface area contributed by atoms with Crippen LogP contribution in [-0.4, -0.2) is 18.5 Å². The Balaban J connectivity index is 2.04. The molecule has 2 aromatic rings. The van der Waals surface area contributed by atoms with Crippen molar-refractivity contribution in [2.75, 3.05) is 6.61 Å². The molecule has 0 bridgehead atoms. The molecule has 0 heterocycles. The highest BCUT2D eigenvalue weighted by molar-refractivity contribution is 6.00. The molecule has 0 aromatic heterocycles. The minimum atomic E-state index is -1.26. The molecular weight excluding hydrogens is 356 g/mol. The lowest BCUT2D eigenvalue weighted by Crippen LogP contribution is -2.41. The van der Waals surface area contributed by atoms with E-state index in [0.717, 1.165) is 11.3 Å². The first-order valence-electron chi connectivity index (χ1n) is 9.72. The summed E-state index contributed by atoms with van der Waals surface area (Å²) in [4.78, 5) is 25.2. The Morgan fingerprint density at radius 1 is 0.821 bits per heavy atom. The van der Waals surface area contributed by atoms with Gasteiger partial charge in [0.05, 0.1) is 6.61 Å². The molecule has 0 amide bonds. The minimum absolute atomic E-state index is 0.0631. The van der Waals surface area contributed by atoms with Gasteiger partial charge in [0.2, 0.25) is 0 Å². The molecule has 0 atom stereocenters. The third-order valence-electron chi connectivity index (χ3n) is 4.67. The molecule has 28 heavy (non-hydrogen) atoms. The zero-order valence-corrected chi connectivity index (χ0v) is 16.8. The first-order chi connectivity index (χ1) is 13.6. The van der Waals surface area contributed by atoms with Crippen LogP contribution in [0.1, 0.15) is 45.6 Å². The van der Waals surface area contributed by atoms with E-state index in [1.54, 1.807) is 13.8 Å². The number of hydrogen-bond donors (Lipinski definition) is 0. The molecular formula is C23H28O5. The Labute approximate surface area is 166 Å². The van der Waals surface area contributed by atoms with E-state index in [1.165, 1.54) is 0 Å². The molecule has 2 rings (SSSR count). The summed E-state index contributed by atoms with van der Waals surface area (Å²) >= 11 is 0. The first-order valence-corrected chi connectivity index (χ1v) is 9.72. The van der Waals surface area contributed by atoms with E-state index in [2.05, 4.69) is 0 Å². The first kappa shape index (κ1) is 21.5. The van der Waals surface area contributed by atoms with Crippen molar-refractivity contribution < 1.29 is 23.8 Å². The number of para-hydroxylation sites is 1. The Morgan fingerprint density at radius 3 is 2.11 bits per heavy atom. The van der Waals surface area contributed by atoms with Crippen LogP contribution in [0.2, 0.25) is 0 Å². The number of ether oxygens (including phenoxy) is 3. The lowest BCUT2D eigenvalue weighted by molar-refractivity contribution is -0.174. The van der Waals surface area contributed by atoms with Crippen LogP contribution in [0.5, 0.6) is 11.5 Å². The highest BCUT2D eigenvalue weighted by atomic mass is 16.6. The second-order valence-corrected chi connectivity index (χ2v) is 6.56. The van der Waals surface area contributed by atoms with Gasteiger partial charge in [0.15, 0.2) is 5.41 Å². The predicted molar refractivity (Wildman–Crippen MR) is 107 cm³/mol. The van der Waals surface area contributed by atoms with Crippen LogP contribution in [-0.2, 0) is 25.7 Å². The Bertz CT molecular complexity index is 766. The van der Waals surface area contributed by atoms with Gasteiger partial charge >= 0.3 is 11.9 Å². The zero-order chi connectivity index (χ0) is 20.4. The molecule has 0 saturated carbocycles. The van der Waals surface area contributed by atoms with E-state index in [0.29, 0.717) is 31.6 Å². The van der Waals surface area contributed by atoms with Crippen molar-refractivity contribution in [2.45, 2.75) is 46.6 Å². The molecule has 0 aliphatic carbocycles. The summed E-state index contributed by atoms with van der Waals surface area (Å²) in [6, 6.07) is 16.8. The third kappa shape index (κ3) is 5.35. The van der Waals surface area contributed by atoms with E-state index >= 15 is 0 Å². The van der Waals surface area contributed by atoms with Crippen molar-refractivity contribution >= 4 is 11.9 Å². The average molecular weight is 384 g/mol. The van der Waals surface area contributed by atoms with Crippen molar-refractivity contribution in [3.8, 4) is 11.5 Å². The van der Waals surface area contributed by atoms with Gasteiger partial charge in [-0.1, -0.05) is 51.1 Å². The Kier molecular flexibility index (Phi) is 8.05. The van der Waals surface area contributed by atoms with Crippen LogP contribution in [0, 0.1) is 5.41 Å². The molecule has 0 fully saturated rings. The maximum absolute atomic E-state index is 12.7. The van der Waals surface area contributed by atoms with Gasteiger partial charge in [-0.15, -0.1) is 0 Å². The van der Waals surface area contributed by atoms with Crippen LogP contribution in [0.4, 0.5) is 0 Å². The number of carbonyl (C=O) groups is 2. The van der Waals surface area contributed by atoms with E-state index in [1.807, 2.05) is 61.5 Å². The highest BCUT2D eigenvalue weighted by Gasteiger charge is 2.45. The van der Waals surface area contributed by atoms with Gasteiger partial charge in [-0.05, 0) is 49.1 Å². The number of carbonyl (C=O) groups excluding carboxylic acids is 2. The van der Waals surface area contributed by atoms with E-state index in [9.17, 15) is 9.59 Å². The van der Waals surface area contributed by atoms with Crippen LogP contribution >= 0.6 is 0 Å². The zero-order valence-electron chi connectivity index (χ0n) is 16.8. The van der Waals surface area contributed by atoms with Crippen molar-refractivity contribution in [1.29, 1.82) is 0 Å². The molecule has 0 saturated heterocycles. The average Bonchev–Trinajstić information content (AvgIpc) is 2.73. The fourth-order valence-electron chi connectivity index (χ4n) is 2.85. The van der Waals surface area contributed by atoms with Crippen LogP contribution in [0.3, 0.4) is 0 Å². The summed E-state index contributed by atoms with van der Waals surface area (Å²) in [6.07, 6.45) is 1.38. The Morgan fingerprint density at radius 2 is 1.46 bits per heavy atom. The van der Waals surface area contributed by atoms with E-state index in [-0.39, 0.29) is 6.61 Å². The molecule has 0 unspecified atom stereocenters. The summed E-state index contributed by atoms with van der Waals surface area (Å²) in [6.45, 7) is 5.87.